The highest BCUT2D eigenvalue weighted by atomic mass is 32.1. The predicted molar refractivity (Wildman–Crippen MR) is 77.5 cm³/mol. The lowest BCUT2D eigenvalue weighted by molar-refractivity contribution is 0.0915. The van der Waals surface area contributed by atoms with Gasteiger partial charge in [-0.3, -0.25) is 4.79 Å². The highest BCUT2D eigenvalue weighted by Crippen LogP contribution is 2.19. The standard InChI is InChI=1S/C14H17N3OS/c1-9-4-5-15-7-12(9)17-14(18)10-2-3-11-13(6-10)19-8-16-11/h2-3,6,8-9,12,15H,4-5,7H2,1H3,(H,17,18). The van der Waals surface area contributed by atoms with Crippen LogP contribution in [0.15, 0.2) is 23.7 Å². The number of rotatable bonds is 2. The van der Waals surface area contributed by atoms with Crippen LogP contribution in [-0.4, -0.2) is 30.0 Å². The second-order valence-corrected chi connectivity index (χ2v) is 5.97. The van der Waals surface area contributed by atoms with Crippen molar-refractivity contribution in [1.82, 2.24) is 15.6 Å². The van der Waals surface area contributed by atoms with Crippen molar-refractivity contribution in [2.24, 2.45) is 5.92 Å². The molecule has 0 bridgehead atoms. The fraction of sp³-hybridized carbons (Fsp3) is 0.429. The largest absolute Gasteiger partial charge is 0.348 e. The van der Waals surface area contributed by atoms with Crippen LogP contribution in [0.1, 0.15) is 23.7 Å². The van der Waals surface area contributed by atoms with Gasteiger partial charge in [-0.15, -0.1) is 11.3 Å². The average Bonchev–Trinajstić information content (AvgIpc) is 2.88. The number of carbonyl (C=O) groups excluding carboxylic acids is 1. The zero-order valence-electron chi connectivity index (χ0n) is 10.8. The molecule has 1 aromatic carbocycles. The molecule has 0 aliphatic carbocycles. The Morgan fingerprint density at radius 3 is 3.26 bits per heavy atom. The highest BCUT2D eigenvalue weighted by Gasteiger charge is 2.23. The third kappa shape index (κ3) is 2.62. The van der Waals surface area contributed by atoms with Crippen LogP contribution >= 0.6 is 11.3 Å². The van der Waals surface area contributed by atoms with Gasteiger partial charge in [0.25, 0.3) is 5.91 Å². The molecule has 0 radical (unpaired) electrons. The molecular formula is C14H17N3OS. The Labute approximate surface area is 116 Å². The molecule has 2 atom stereocenters. The van der Waals surface area contributed by atoms with Crippen LogP contribution in [0, 0.1) is 5.92 Å². The van der Waals surface area contributed by atoms with E-state index in [-0.39, 0.29) is 11.9 Å². The number of hydrogen-bond donors (Lipinski definition) is 2. The first-order chi connectivity index (χ1) is 9.24. The van der Waals surface area contributed by atoms with Crippen molar-refractivity contribution in [2.45, 2.75) is 19.4 Å². The number of hydrogen-bond acceptors (Lipinski definition) is 4. The number of aromatic nitrogens is 1. The van der Waals surface area contributed by atoms with Gasteiger partial charge in [0.2, 0.25) is 0 Å². The van der Waals surface area contributed by atoms with Crippen molar-refractivity contribution in [1.29, 1.82) is 0 Å². The quantitative estimate of drug-likeness (QED) is 0.881. The molecular weight excluding hydrogens is 258 g/mol. The molecule has 0 spiro atoms. The summed E-state index contributed by atoms with van der Waals surface area (Å²) in [5.41, 5.74) is 3.48. The maximum absolute atomic E-state index is 12.3. The maximum Gasteiger partial charge on any atom is 0.251 e. The zero-order valence-corrected chi connectivity index (χ0v) is 11.7. The van der Waals surface area contributed by atoms with E-state index in [1.807, 2.05) is 18.2 Å². The maximum atomic E-state index is 12.3. The zero-order chi connectivity index (χ0) is 13.2. The summed E-state index contributed by atoms with van der Waals surface area (Å²) < 4.78 is 1.06. The second-order valence-electron chi connectivity index (χ2n) is 5.08. The molecule has 0 saturated carbocycles. The minimum Gasteiger partial charge on any atom is -0.348 e. The Morgan fingerprint density at radius 1 is 1.53 bits per heavy atom. The van der Waals surface area contributed by atoms with E-state index < -0.39 is 0 Å². The number of carbonyl (C=O) groups is 1. The van der Waals surface area contributed by atoms with E-state index in [0.717, 1.165) is 35.3 Å². The lowest BCUT2D eigenvalue weighted by Crippen LogP contribution is -2.50. The van der Waals surface area contributed by atoms with Crippen molar-refractivity contribution >= 4 is 27.5 Å². The van der Waals surface area contributed by atoms with Gasteiger partial charge in [0.15, 0.2) is 0 Å². The number of nitrogens with one attached hydrogen (secondary N) is 2. The smallest absolute Gasteiger partial charge is 0.251 e. The Bertz CT molecular complexity index is 595. The van der Waals surface area contributed by atoms with Crippen LogP contribution in [0.5, 0.6) is 0 Å². The lowest BCUT2D eigenvalue weighted by Gasteiger charge is -2.30. The van der Waals surface area contributed by atoms with Crippen LogP contribution in [0.4, 0.5) is 0 Å². The summed E-state index contributed by atoms with van der Waals surface area (Å²) in [6, 6.07) is 5.89. The summed E-state index contributed by atoms with van der Waals surface area (Å²) in [5.74, 6) is 0.535. The van der Waals surface area contributed by atoms with Gasteiger partial charge in [0.05, 0.1) is 15.7 Å². The monoisotopic (exact) mass is 275 g/mol. The molecule has 1 fully saturated rings. The number of benzene rings is 1. The topological polar surface area (TPSA) is 54.0 Å². The number of thiazole rings is 1. The van der Waals surface area contributed by atoms with Gasteiger partial charge in [-0.05, 0) is 37.1 Å². The van der Waals surface area contributed by atoms with Gasteiger partial charge >= 0.3 is 0 Å². The molecule has 2 aromatic rings. The van der Waals surface area contributed by atoms with Crippen LogP contribution in [0.3, 0.4) is 0 Å². The van der Waals surface area contributed by atoms with Crippen LogP contribution in [0.2, 0.25) is 0 Å². The van der Waals surface area contributed by atoms with Gasteiger partial charge in [-0.25, -0.2) is 4.98 Å². The summed E-state index contributed by atoms with van der Waals surface area (Å²) in [6.07, 6.45) is 1.11. The van der Waals surface area contributed by atoms with Gasteiger partial charge in [-0.1, -0.05) is 6.92 Å². The van der Waals surface area contributed by atoms with Gasteiger partial charge < -0.3 is 10.6 Å². The molecule has 1 amide bonds. The molecule has 5 heteroatoms. The van der Waals surface area contributed by atoms with Gasteiger partial charge in [-0.2, -0.15) is 0 Å². The molecule has 100 valence electrons. The number of amides is 1. The number of nitrogens with zero attached hydrogens (tertiary/aromatic N) is 1. The average molecular weight is 275 g/mol. The molecule has 1 aliphatic heterocycles. The van der Waals surface area contributed by atoms with Crippen molar-refractivity contribution in [3.8, 4) is 0 Å². The molecule has 1 aromatic heterocycles. The van der Waals surface area contributed by atoms with Gasteiger partial charge in [0, 0.05) is 18.2 Å². The molecule has 19 heavy (non-hydrogen) atoms. The molecule has 1 aliphatic rings. The molecule has 2 heterocycles. The van der Waals surface area contributed by atoms with E-state index in [0.29, 0.717) is 5.92 Å². The second kappa shape index (κ2) is 5.27. The molecule has 2 unspecified atom stereocenters. The van der Waals surface area contributed by atoms with Gasteiger partial charge in [0.1, 0.15) is 0 Å². The van der Waals surface area contributed by atoms with E-state index in [2.05, 4.69) is 22.5 Å². The van der Waals surface area contributed by atoms with E-state index in [9.17, 15) is 4.79 Å². The Morgan fingerprint density at radius 2 is 2.42 bits per heavy atom. The predicted octanol–water partition coefficient (Wildman–Crippen LogP) is 2.02. The first-order valence-corrected chi connectivity index (χ1v) is 7.47. The van der Waals surface area contributed by atoms with E-state index in [1.54, 1.807) is 16.8 Å². The van der Waals surface area contributed by atoms with Crippen molar-refractivity contribution < 1.29 is 4.79 Å². The molecule has 1 saturated heterocycles. The first kappa shape index (κ1) is 12.6. The SMILES string of the molecule is CC1CCNCC1NC(=O)c1ccc2ncsc2c1. The van der Waals surface area contributed by atoms with Crippen LogP contribution in [0.25, 0.3) is 10.2 Å². The van der Waals surface area contributed by atoms with Crippen LogP contribution in [-0.2, 0) is 0 Å². The van der Waals surface area contributed by atoms with E-state index >= 15 is 0 Å². The normalized spacial score (nSPS) is 23.4. The van der Waals surface area contributed by atoms with Crippen molar-refractivity contribution in [3.05, 3.63) is 29.3 Å². The van der Waals surface area contributed by atoms with E-state index in [1.165, 1.54) is 0 Å². The molecule has 4 nitrogen and oxygen atoms in total. The fourth-order valence-electron chi connectivity index (χ4n) is 2.43. The first-order valence-electron chi connectivity index (χ1n) is 6.59. The Balaban J connectivity index is 1.75. The molecule has 3 rings (SSSR count). The van der Waals surface area contributed by atoms with Crippen molar-refractivity contribution in [2.75, 3.05) is 13.1 Å². The Hall–Kier alpha value is -1.46. The van der Waals surface area contributed by atoms with Crippen LogP contribution < -0.4 is 10.6 Å². The third-order valence-corrected chi connectivity index (χ3v) is 4.53. The van der Waals surface area contributed by atoms with E-state index in [4.69, 9.17) is 0 Å². The summed E-state index contributed by atoms with van der Waals surface area (Å²) in [5, 5.41) is 6.45. The third-order valence-electron chi connectivity index (χ3n) is 3.74. The fourth-order valence-corrected chi connectivity index (χ4v) is 3.15. The summed E-state index contributed by atoms with van der Waals surface area (Å²) in [6.45, 7) is 4.09. The minimum atomic E-state index is 0.0100. The Kier molecular flexibility index (Phi) is 3.48. The minimum absolute atomic E-state index is 0.0100. The number of piperidine rings is 1. The summed E-state index contributed by atoms with van der Waals surface area (Å²) >= 11 is 1.56. The molecule has 2 N–H and O–H groups in total. The summed E-state index contributed by atoms with van der Waals surface area (Å²) in [7, 11) is 0. The highest BCUT2D eigenvalue weighted by molar-refractivity contribution is 7.16. The lowest BCUT2D eigenvalue weighted by atomic mass is 9.94. The number of fused-ring (bicyclic) bond motifs is 1. The summed E-state index contributed by atoms with van der Waals surface area (Å²) in [4.78, 5) is 16.5. The van der Waals surface area contributed by atoms with Crippen molar-refractivity contribution in [3.63, 3.8) is 0 Å².